The first kappa shape index (κ1) is 14.7. The number of halogens is 1. The third-order valence-electron chi connectivity index (χ3n) is 2.75. The van der Waals surface area contributed by atoms with Crippen LogP contribution in [0.25, 0.3) is 10.9 Å². The molecule has 2 aromatic rings. The van der Waals surface area contributed by atoms with Crippen LogP contribution in [0, 0.1) is 0 Å². The van der Waals surface area contributed by atoms with Crippen LogP contribution >= 0.6 is 22.6 Å². The van der Waals surface area contributed by atoms with Crippen molar-refractivity contribution in [2.24, 2.45) is 0 Å². The van der Waals surface area contributed by atoms with Crippen molar-refractivity contribution in [3.8, 4) is 0 Å². The molecular formula is C13H15IN2O2S. The average Bonchev–Trinajstić information content (AvgIpc) is 2.43. The number of rotatable bonds is 6. The maximum absolute atomic E-state index is 12.3. The van der Waals surface area contributed by atoms with Gasteiger partial charge in [-0.1, -0.05) is 28.7 Å². The number of nitrogens with one attached hydrogen (secondary N) is 1. The van der Waals surface area contributed by atoms with Crippen LogP contribution in [0.15, 0.2) is 41.4 Å². The lowest BCUT2D eigenvalue weighted by atomic mass is 10.2. The molecule has 4 nitrogen and oxygen atoms in total. The van der Waals surface area contributed by atoms with Gasteiger partial charge in [0.15, 0.2) is 0 Å². The van der Waals surface area contributed by atoms with Gasteiger partial charge in [-0.2, -0.15) is 0 Å². The Morgan fingerprint density at radius 1 is 1.16 bits per heavy atom. The molecule has 0 bridgehead atoms. The Bertz CT molecular complexity index is 653. The zero-order valence-electron chi connectivity index (χ0n) is 10.3. The number of pyridine rings is 1. The van der Waals surface area contributed by atoms with Crippen molar-refractivity contribution in [1.82, 2.24) is 9.71 Å². The predicted octanol–water partition coefficient (Wildman–Crippen LogP) is 2.73. The first-order valence-electron chi connectivity index (χ1n) is 6.04. The van der Waals surface area contributed by atoms with Crippen molar-refractivity contribution in [2.45, 2.75) is 17.7 Å². The number of unbranched alkanes of at least 4 members (excludes halogenated alkanes) is 1. The van der Waals surface area contributed by atoms with Crippen molar-refractivity contribution < 1.29 is 8.42 Å². The standard InChI is InChI=1S/C13H15IN2O2S/c14-8-1-2-10-16-19(17,18)13-7-3-6-12-11(13)5-4-9-15-12/h3-7,9,16H,1-2,8,10H2. The summed E-state index contributed by atoms with van der Waals surface area (Å²) in [5, 5.41) is 0.659. The number of fused-ring (bicyclic) bond motifs is 1. The molecule has 2 rings (SSSR count). The summed E-state index contributed by atoms with van der Waals surface area (Å²) in [6.45, 7) is 0.474. The van der Waals surface area contributed by atoms with Crippen molar-refractivity contribution in [3.05, 3.63) is 36.5 Å². The van der Waals surface area contributed by atoms with Gasteiger partial charge in [0, 0.05) is 18.1 Å². The second-order valence-electron chi connectivity index (χ2n) is 4.12. The highest BCUT2D eigenvalue weighted by molar-refractivity contribution is 14.1. The summed E-state index contributed by atoms with van der Waals surface area (Å²) in [5.74, 6) is 0. The van der Waals surface area contributed by atoms with E-state index in [4.69, 9.17) is 0 Å². The van der Waals surface area contributed by atoms with E-state index in [1.165, 1.54) is 0 Å². The Labute approximate surface area is 126 Å². The summed E-state index contributed by atoms with van der Waals surface area (Å²) in [6, 6.07) is 8.67. The summed E-state index contributed by atoms with van der Waals surface area (Å²) in [7, 11) is -3.46. The van der Waals surface area contributed by atoms with Gasteiger partial charge >= 0.3 is 0 Å². The number of benzene rings is 1. The van der Waals surface area contributed by atoms with Gasteiger partial charge in [0.25, 0.3) is 0 Å². The van der Waals surface area contributed by atoms with E-state index in [1.807, 2.05) is 6.07 Å². The van der Waals surface area contributed by atoms with E-state index < -0.39 is 10.0 Å². The summed E-state index contributed by atoms with van der Waals surface area (Å²) in [5.41, 5.74) is 0.692. The topological polar surface area (TPSA) is 59.1 Å². The van der Waals surface area contributed by atoms with E-state index in [2.05, 4.69) is 32.3 Å². The molecular weight excluding hydrogens is 375 g/mol. The van der Waals surface area contributed by atoms with Crippen molar-refractivity contribution >= 4 is 43.5 Å². The van der Waals surface area contributed by atoms with Crippen molar-refractivity contribution in [1.29, 1.82) is 0 Å². The molecule has 0 fully saturated rings. The van der Waals surface area contributed by atoms with Gasteiger partial charge in [0.1, 0.15) is 0 Å². The highest BCUT2D eigenvalue weighted by atomic mass is 127. The number of hydrogen-bond acceptors (Lipinski definition) is 3. The van der Waals surface area contributed by atoms with Crippen molar-refractivity contribution in [2.75, 3.05) is 11.0 Å². The highest BCUT2D eigenvalue weighted by Gasteiger charge is 2.16. The second kappa shape index (κ2) is 6.62. The molecule has 0 amide bonds. The Hall–Kier alpha value is -0.730. The van der Waals surface area contributed by atoms with Crippen LogP contribution in [0.3, 0.4) is 0 Å². The molecule has 0 aliphatic heterocycles. The second-order valence-corrected chi connectivity index (χ2v) is 6.93. The third-order valence-corrected chi connectivity index (χ3v) is 5.03. The largest absolute Gasteiger partial charge is 0.256 e. The maximum atomic E-state index is 12.3. The van der Waals surface area contributed by atoms with Crippen LogP contribution in [-0.4, -0.2) is 24.4 Å². The molecule has 0 unspecified atom stereocenters. The summed E-state index contributed by atoms with van der Waals surface area (Å²) in [6.07, 6.45) is 3.53. The maximum Gasteiger partial charge on any atom is 0.241 e. The number of aromatic nitrogens is 1. The lowest BCUT2D eigenvalue weighted by molar-refractivity contribution is 0.579. The van der Waals surface area contributed by atoms with E-state index in [1.54, 1.807) is 30.5 Å². The molecule has 6 heteroatoms. The fourth-order valence-corrected chi connectivity index (χ4v) is 3.64. The smallest absolute Gasteiger partial charge is 0.241 e. The van der Waals surface area contributed by atoms with Gasteiger partial charge in [0.05, 0.1) is 10.4 Å². The molecule has 0 saturated carbocycles. The molecule has 1 aromatic heterocycles. The zero-order valence-corrected chi connectivity index (χ0v) is 13.3. The Morgan fingerprint density at radius 3 is 2.79 bits per heavy atom. The molecule has 0 saturated heterocycles. The molecule has 1 N–H and O–H groups in total. The number of nitrogens with zero attached hydrogens (tertiary/aromatic N) is 1. The Kier molecular flexibility index (Phi) is 5.12. The molecule has 102 valence electrons. The highest BCUT2D eigenvalue weighted by Crippen LogP contribution is 2.20. The minimum absolute atomic E-state index is 0.299. The van der Waals surface area contributed by atoms with E-state index >= 15 is 0 Å². The minimum Gasteiger partial charge on any atom is -0.256 e. The van der Waals surface area contributed by atoms with Gasteiger partial charge in [-0.15, -0.1) is 0 Å². The normalized spacial score (nSPS) is 11.8. The molecule has 0 aliphatic rings. The lowest BCUT2D eigenvalue weighted by Gasteiger charge is -2.08. The van der Waals surface area contributed by atoms with E-state index in [-0.39, 0.29) is 0 Å². The van der Waals surface area contributed by atoms with Crippen LogP contribution < -0.4 is 4.72 Å². The van der Waals surface area contributed by atoms with Crippen LogP contribution in [0.5, 0.6) is 0 Å². The first-order chi connectivity index (χ1) is 9.15. The SMILES string of the molecule is O=S(=O)(NCCCCI)c1cccc2ncccc12. The Balaban J connectivity index is 2.28. The monoisotopic (exact) mass is 390 g/mol. The van der Waals surface area contributed by atoms with E-state index in [0.717, 1.165) is 17.3 Å². The van der Waals surface area contributed by atoms with Gasteiger partial charge in [-0.05, 0) is 41.5 Å². The lowest BCUT2D eigenvalue weighted by Crippen LogP contribution is -2.25. The summed E-state index contributed by atoms with van der Waals surface area (Å²) in [4.78, 5) is 4.47. The summed E-state index contributed by atoms with van der Waals surface area (Å²) < 4.78 is 28.2. The molecule has 1 heterocycles. The zero-order chi connectivity index (χ0) is 13.7. The molecule has 0 radical (unpaired) electrons. The summed E-state index contributed by atoms with van der Waals surface area (Å²) >= 11 is 2.29. The molecule has 19 heavy (non-hydrogen) atoms. The van der Waals surface area contributed by atoms with Gasteiger partial charge in [0.2, 0.25) is 10.0 Å². The predicted molar refractivity (Wildman–Crippen MR) is 85.1 cm³/mol. The molecule has 0 atom stereocenters. The molecule has 0 aliphatic carbocycles. The number of sulfonamides is 1. The fraction of sp³-hybridized carbons (Fsp3) is 0.308. The van der Waals surface area contributed by atoms with E-state index in [0.29, 0.717) is 22.3 Å². The van der Waals surface area contributed by atoms with Crippen LogP contribution in [0.2, 0.25) is 0 Å². The van der Waals surface area contributed by atoms with Crippen molar-refractivity contribution in [3.63, 3.8) is 0 Å². The Morgan fingerprint density at radius 2 is 2.00 bits per heavy atom. The van der Waals surface area contributed by atoms with Gasteiger partial charge in [-0.25, -0.2) is 13.1 Å². The van der Waals surface area contributed by atoms with Crippen LogP contribution in [-0.2, 0) is 10.0 Å². The first-order valence-corrected chi connectivity index (χ1v) is 9.05. The number of hydrogen-bond donors (Lipinski definition) is 1. The van der Waals surface area contributed by atoms with Gasteiger partial charge < -0.3 is 0 Å². The quantitative estimate of drug-likeness (QED) is 0.469. The average molecular weight is 390 g/mol. The van der Waals surface area contributed by atoms with Crippen LogP contribution in [0.4, 0.5) is 0 Å². The third kappa shape index (κ3) is 3.64. The minimum atomic E-state index is -3.46. The molecule has 0 spiro atoms. The van der Waals surface area contributed by atoms with E-state index in [9.17, 15) is 8.42 Å². The molecule has 1 aromatic carbocycles. The van der Waals surface area contributed by atoms with Gasteiger partial charge in [-0.3, -0.25) is 4.98 Å². The number of alkyl halides is 1. The fourth-order valence-electron chi connectivity index (χ4n) is 1.81. The van der Waals surface area contributed by atoms with Crippen LogP contribution in [0.1, 0.15) is 12.8 Å².